The maximum absolute atomic E-state index is 4.57. The van der Waals surface area contributed by atoms with Gasteiger partial charge in [0.2, 0.25) is 0 Å². The number of aryl methyl sites for hydroxylation is 1. The van der Waals surface area contributed by atoms with Crippen LogP contribution in [0.5, 0.6) is 0 Å². The van der Waals surface area contributed by atoms with E-state index in [1.165, 1.54) is 16.8 Å². The van der Waals surface area contributed by atoms with Crippen molar-refractivity contribution in [2.75, 3.05) is 13.6 Å². The predicted molar refractivity (Wildman–Crippen MR) is 65.4 cm³/mol. The molecule has 86 valence electrons. The average molecular weight is 218 g/mol. The first-order chi connectivity index (χ1) is 7.74. The Kier molecular flexibility index (Phi) is 3.10. The molecule has 0 fully saturated rings. The normalized spacial score (nSPS) is 10.9. The van der Waals surface area contributed by atoms with Gasteiger partial charge in [0.25, 0.3) is 0 Å². The minimum absolute atomic E-state index is 0.952. The van der Waals surface area contributed by atoms with Crippen molar-refractivity contribution in [3.05, 3.63) is 29.8 Å². The summed E-state index contributed by atoms with van der Waals surface area (Å²) in [6.07, 6.45) is 4.93. The van der Waals surface area contributed by atoms with Gasteiger partial charge in [0.15, 0.2) is 0 Å². The Hall–Kier alpha value is -1.55. The number of nitrogens with zero attached hydrogens (tertiary/aromatic N) is 2. The zero-order valence-electron chi connectivity index (χ0n) is 10.0. The van der Waals surface area contributed by atoms with Crippen LogP contribution in [0.1, 0.15) is 11.4 Å². The number of nitrogens with one attached hydrogen (secondary N) is 2. The summed E-state index contributed by atoms with van der Waals surface area (Å²) in [6, 6.07) is 2.09. The quantitative estimate of drug-likeness (QED) is 0.816. The van der Waals surface area contributed by atoms with E-state index in [-0.39, 0.29) is 0 Å². The molecule has 16 heavy (non-hydrogen) atoms. The Bertz CT molecular complexity index is 454. The van der Waals surface area contributed by atoms with Gasteiger partial charge in [-0.05, 0) is 20.0 Å². The lowest BCUT2D eigenvalue weighted by Gasteiger charge is -2.01. The molecule has 2 rings (SSSR count). The van der Waals surface area contributed by atoms with E-state index >= 15 is 0 Å². The largest absolute Gasteiger partial charge is 0.367 e. The minimum Gasteiger partial charge on any atom is -0.367 e. The third kappa shape index (κ3) is 1.88. The first kappa shape index (κ1) is 11.0. The van der Waals surface area contributed by atoms with E-state index < -0.39 is 0 Å². The summed E-state index contributed by atoms with van der Waals surface area (Å²) in [5.41, 5.74) is 4.86. The standard InChI is InChI=1S/C12H18N4/c1-9-12(10-4-7-14-8-10)11(5-6-13-2)15-16(9)3/h4,7-8,13-14H,5-6H2,1-3H3. The number of hydrogen-bond donors (Lipinski definition) is 2. The molecule has 0 radical (unpaired) electrons. The van der Waals surface area contributed by atoms with Crippen LogP contribution in [0.3, 0.4) is 0 Å². The zero-order chi connectivity index (χ0) is 11.5. The summed E-state index contributed by atoms with van der Waals surface area (Å²) < 4.78 is 1.95. The van der Waals surface area contributed by atoms with Crippen LogP contribution in [0.2, 0.25) is 0 Å². The van der Waals surface area contributed by atoms with Gasteiger partial charge in [0, 0.05) is 49.2 Å². The molecule has 0 aliphatic carbocycles. The van der Waals surface area contributed by atoms with Gasteiger partial charge in [0.1, 0.15) is 0 Å². The van der Waals surface area contributed by atoms with E-state index in [9.17, 15) is 0 Å². The lowest BCUT2D eigenvalue weighted by molar-refractivity contribution is 0.703. The molecule has 0 saturated heterocycles. The molecule has 0 amide bonds. The van der Waals surface area contributed by atoms with Crippen LogP contribution >= 0.6 is 0 Å². The van der Waals surface area contributed by atoms with Crippen molar-refractivity contribution in [1.29, 1.82) is 0 Å². The zero-order valence-corrected chi connectivity index (χ0v) is 10.0. The topological polar surface area (TPSA) is 45.6 Å². The number of hydrogen-bond acceptors (Lipinski definition) is 2. The van der Waals surface area contributed by atoms with Crippen molar-refractivity contribution in [2.45, 2.75) is 13.3 Å². The molecule has 0 aromatic carbocycles. The first-order valence-electron chi connectivity index (χ1n) is 5.54. The molecule has 0 aliphatic heterocycles. The van der Waals surface area contributed by atoms with Crippen molar-refractivity contribution in [2.24, 2.45) is 7.05 Å². The molecular formula is C12H18N4. The van der Waals surface area contributed by atoms with Crippen LogP contribution in [0.25, 0.3) is 11.1 Å². The molecule has 2 N–H and O–H groups in total. The van der Waals surface area contributed by atoms with Crippen LogP contribution in [0.4, 0.5) is 0 Å². The highest BCUT2D eigenvalue weighted by atomic mass is 15.3. The van der Waals surface area contributed by atoms with Crippen LogP contribution < -0.4 is 5.32 Å². The summed E-state index contributed by atoms with van der Waals surface area (Å²) in [6.45, 7) is 3.06. The second-order valence-corrected chi connectivity index (χ2v) is 3.98. The van der Waals surface area contributed by atoms with Crippen LogP contribution in [0, 0.1) is 6.92 Å². The molecule has 0 bridgehead atoms. The minimum atomic E-state index is 0.952. The molecule has 0 saturated carbocycles. The number of aromatic nitrogens is 3. The highest BCUT2D eigenvalue weighted by molar-refractivity contribution is 5.68. The molecule has 4 heteroatoms. The fourth-order valence-corrected chi connectivity index (χ4v) is 1.95. The van der Waals surface area contributed by atoms with Crippen molar-refractivity contribution in [1.82, 2.24) is 20.1 Å². The molecule has 0 unspecified atom stereocenters. The maximum atomic E-state index is 4.57. The van der Waals surface area contributed by atoms with Gasteiger partial charge < -0.3 is 10.3 Å². The Morgan fingerprint density at radius 3 is 2.94 bits per heavy atom. The second-order valence-electron chi connectivity index (χ2n) is 3.98. The second kappa shape index (κ2) is 4.53. The third-order valence-electron chi connectivity index (χ3n) is 2.90. The first-order valence-corrected chi connectivity index (χ1v) is 5.54. The van der Waals surface area contributed by atoms with E-state index in [0.717, 1.165) is 18.7 Å². The van der Waals surface area contributed by atoms with E-state index in [0.29, 0.717) is 0 Å². The average Bonchev–Trinajstić information content (AvgIpc) is 2.86. The van der Waals surface area contributed by atoms with Crippen LogP contribution in [-0.2, 0) is 13.5 Å². The van der Waals surface area contributed by atoms with Gasteiger partial charge in [-0.15, -0.1) is 0 Å². The molecule has 0 atom stereocenters. The van der Waals surface area contributed by atoms with Gasteiger partial charge in [-0.2, -0.15) is 5.10 Å². The Morgan fingerprint density at radius 1 is 1.50 bits per heavy atom. The Balaban J connectivity index is 2.41. The highest BCUT2D eigenvalue weighted by Gasteiger charge is 2.14. The Morgan fingerprint density at radius 2 is 2.31 bits per heavy atom. The van der Waals surface area contributed by atoms with Gasteiger partial charge in [0.05, 0.1) is 5.69 Å². The summed E-state index contributed by atoms with van der Waals surface area (Å²) >= 11 is 0. The van der Waals surface area contributed by atoms with E-state index in [1.54, 1.807) is 0 Å². The fourth-order valence-electron chi connectivity index (χ4n) is 1.95. The van der Waals surface area contributed by atoms with Crippen molar-refractivity contribution in [3.8, 4) is 11.1 Å². The molecule has 0 spiro atoms. The summed E-state index contributed by atoms with van der Waals surface area (Å²) in [5, 5.41) is 7.73. The van der Waals surface area contributed by atoms with Crippen molar-refractivity contribution < 1.29 is 0 Å². The fraction of sp³-hybridized carbons (Fsp3) is 0.417. The number of H-pyrrole nitrogens is 1. The summed E-state index contributed by atoms with van der Waals surface area (Å²) in [7, 11) is 3.96. The van der Waals surface area contributed by atoms with Crippen LogP contribution in [-0.4, -0.2) is 28.4 Å². The van der Waals surface area contributed by atoms with Gasteiger partial charge >= 0.3 is 0 Å². The molecule has 0 aliphatic rings. The van der Waals surface area contributed by atoms with E-state index in [4.69, 9.17) is 0 Å². The summed E-state index contributed by atoms with van der Waals surface area (Å²) in [5.74, 6) is 0. The number of rotatable bonds is 4. The maximum Gasteiger partial charge on any atom is 0.0718 e. The van der Waals surface area contributed by atoms with Crippen LogP contribution in [0.15, 0.2) is 18.5 Å². The number of likely N-dealkylation sites (N-methyl/N-ethyl adjacent to an activating group) is 1. The number of aromatic amines is 1. The smallest absolute Gasteiger partial charge is 0.0718 e. The Labute approximate surface area is 95.7 Å². The highest BCUT2D eigenvalue weighted by Crippen LogP contribution is 2.26. The lowest BCUT2D eigenvalue weighted by Crippen LogP contribution is -2.11. The lowest BCUT2D eigenvalue weighted by atomic mass is 10.1. The van der Waals surface area contributed by atoms with Gasteiger partial charge in [-0.25, -0.2) is 0 Å². The van der Waals surface area contributed by atoms with E-state index in [2.05, 4.69) is 28.4 Å². The molecule has 2 heterocycles. The van der Waals surface area contributed by atoms with Crippen molar-refractivity contribution >= 4 is 0 Å². The molecule has 4 nitrogen and oxygen atoms in total. The molecular weight excluding hydrogens is 200 g/mol. The summed E-state index contributed by atoms with van der Waals surface area (Å²) in [4.78, 5) is 3.10. The monoisotopic (exact) mass is 218 g/mol. The van der Waals surface area contributed by atoms with Crippen molar-refractivity contribution in [3.63, 3.8) is 0 Å². The molecule has 2 aromatic rings. The van der Waals surface area contributed by atoms with Gasteiger partial charge in [-0.3, -0.25) is 4.68 Å². The molecule has 2 aromatic heterocycles. The predicted octanol–water partition coefficient (Wildman–Crippen LogP) is 1.49. The van der Waals surface area contributed by atoms with E-state index in [1.807, 2.05) is 31.2 Å². The SMILES string of the molecule is CNCCc1nn(C)c(C)c1-c1cc[nH]c1. The third-order valence-corrected chi connectivity index (χ3v) is 2.90. The van der Waals surface area contributed by atoms with Gasteiger partial charge in [-0.1, -0.05) is 0 Å².